The number of amides is 1. The van der Waals surface area contributed by atoms with Crippen LogP contribution in [0.5, 0.6) is 0 Å². The topological polar surface area (TPSA) is 94.2 Å². The predicted molar refractivity (Wildman–Crippen MR) is 156 cm³/mol. The molecule has 1 saturated heterocycles. The summed E-state index contributed by atoms with van der Waals surface area (Å²) in [6.07, 6.45) is 6.23. The summed E-state index contributed by atoms with van der Waals surface area (Å²) in [5.41, 5.74) is 10.9. The summed E-state index contributed by atoms with van der Waals surface area (Å²) >= 11 is 0. The van der Waals surface area contributed by atoms with Crippen LogP contribution < -0.4 is 11.1 Å². The minimum absolute atomic E-state index is 0.00448. The van der Waals surface area contributed by atoms with E-state index in [0.29, 0.717) is 12.3 Å². The largest absolute Gasteiger partial charge is 0.382 e. The van der Waals surface area contributed by atoms with Crippen molar-refractivity contribution >= 4 is 17.4 Å². The third kappa shape index (κ3) is 5.08. The second-order valence-electron chi connectivity index (χ2n) is 12.1. The van der Waals surface area contributed by atoms with E-state index in [9.17, 15) is 9.90 Å². The van der Waals surface area contributed by atoms with E-state index < -0.39 is 5.60 Å². The fourth-order valence-corrected chi connectivity index (χ4v) is 5.93. The molecule has 3 aliphatic rings. The van der Waals surface area contributed by atoms with Crippen LogP contribution in [0.25, 0.3) is 5.70 Å². The first-order chi connectivity index (χ1) is 18.5. The van der Waals surface area contributed by atoms with Crippen LogP contribution in [0, 0.1) is 5.92 Å². The Balaban J connectivity index is 1.43. The highest BCUT2D eigenvalue weighted by Gasteiger charge is 2.40. The Bertz CT molecular complexity index is 1330. The third-order valence-electron chi connectivity index (χ3n) is 8.36. The van der Waals surface area contributed by atoms with Crippen LogP contribution in [-0.4, -0.2) is 45.9 Å². The molecule has 1 amide bonds. The molecule has 39 heavy (non-hydrogen) atoms. The van der Waals surface area contributed by atoms with Crippen molar-refractivity contribution in [2.24, 2.45) is 16.6 Å². The number of aliphatic imine (C=N–C) groups is 1. The maximum absolute atomic E-state index is 12.4. The lowest BCUT2D eigenvalue weighted by molar-refractivity contribution is -0.133. The number of carbonyl (C=O) groups is 1. The van der Waals surface area contributed by atoms with Crippen molar-refractivity contribution in [3.8, 4) is 0 Å². The van der Waals surface area contributed by atoms with Crippen LogP contribution in [-0.2, 0) is 15.8 Å². The highest BCUT2D eigenvalue weighted by Crippen LogP contribution is 2.37. The molecule has 206 valence electrons. The zero-order valence-corrected chi connectivity index (χ0v) is 23.7. The van der Waals surface area contributed by atoms with E-state index in [1.54, 1.807) is 6.20 Å². The van der Waals surface area contributed by atoms with Gasteiger partial charge < -0.3 is 26.0 Å². The molecule has 3 heterocycles. The van der Waals surface area contributed by atoms with Gasteiger partial charge in [0.2, 0.25) is 5.91 Å². The molecule has 0 radical (unpaired) electrons. The van der Waals surface area contributed by atoms with Crippen molar-refractivity contribution in [1.29, 1.82) is 0 Å². The number of hydrogen-bond acceptors (Lipinski definition) is 6. The molecule has 0 aliphatic carbocycles. The number of fused-ring (bicyclic) bond motifs is 1. The fraction of sp³-hybridized carbons (Fsp3) is 0.438. The number of nitrogens with zero attached hydrogens (tertiary/aromatic N) is 3. The van der Waals surface area contributed by atoms with Crippen LogP contribution in [0.4, 0.5) is 0 Å². The van der Waals surface area contributed by atoms with Crippen LogP contribution in [0.1, 0.15) is 76.1 Å². The molecule has 2 aromatic rings. The van der Waals surface area contributed by atoms with E-state index in [-0.39, 0.29) is 23.4 Å². The molecule has 3 aliphatic heterocycles. The zero-order chi connectivity index (χ0) is 27.9. The number of nitrogens with one attached hydrogen (secondary N) is 1. The van der Waals surface area contributed by atoms with Gasteiger partial charge in [0, 0.05) is 37.8 Å². The molecule has 3 atom stereocenters. The zero-order valence-electron chi connectivity index (χ0n) is 23.7. The van der Waals surface area contributed by atoms with Crippen LogP contribution in [0.2, 0.25) is 0 Å². The van der Waals surface area contributed by atoms with Crippen molar-refractivity contribution in [3.63, 3.8) is 0 Å². The number of aliphatic hydroxyl groups is 1. The van der Waals surface area contributed by atoms with E-state index in [0.717, 1.165) is 54.0 Å². The molecular formula is C32H41N5O2. The number of amidine groups is 1. The molecule has 1 fully saturated rings. The SMILES string of the molecule is CCC(=O)N1CCCC(C2NC(c3ccc([C@@](C)(O)c4cccc(C(C)(C)C)c4)cc3)=C3C(N)=NC=CN32)C1. The highest BCUT2D eigenvalue weighted by molar-refractivity contribution is 6.05. The van der Waals surface area contributed by atoms with Gasteiger partial charge in [-0.2, -0.15) is 0 Å². The van der Waals surface area contributed by atoms with E-state index in [1.807, 2.05) is 61.3 Å². The highest BCUT2D eigenvalue weighted by atomic mass is 16.3. The normalized spacial score (nSPS) is 22.8. The van der Waals surface area contributed by atoms with Gasteiger partial charge in [0.1, 0.15) is 23.3 Å². The van der Waals surface area contributed by atoms with Crippen molar-refractivity contribution in [3.05, 3.63) is 88.9 Å². The average molecular weight is 528 g/mol. The van der Waals surface area contributed by atoms with Gasteiger partial charge in [0.25, 0.3) is 0 Å². The van der Waals surface area contributed by atoms with Gasteiger partial charge in [-0.15, -0.1) is 0 Å². The van der Waals surface area contributed by atoms with E-state index in [2.05, 4.69) is 48.1 Å². The van der Waals surface area contributed by atoms with E-state index in [1.165, 1.54) is 5.56 Å². The molecular weight excluding hydrogens is 486 g/mol. The summed E-state index contributed by atoms with van der Waals surface area (Å²) in [7, 11) is 0. The Labute approximate surface area is 232 Å². The molecule has 0 spiro atoms. The quantitative estimate of drug-likeness (QED) is 0.527. The van der Waals surface area contributed by atoms with Gasteiger partial charge in [0.05, 0.1) is 5.70 Å². The number of hydrogen-bond donors (Lipinski definition) is 3. The molecule has 0 aromatic heterocycles. The predicted octanol–water partition coefficient (Wildman–Crippen LogP) is 4.63. The summed E-state index contributed by atoms with van der Waals surface area (Å²) in [6.45, 7) is 11.8. The first-order valence-electron chi connectivity index (χ1n) is 14.0. The summed E-state index contributed by atoms with van der Waals surface area (Å²) in [5.74, 6) is 0.930. The van der Waals surface area contributed by atoms with Gasteiger partial charge in [-0.3, -0.25) is 4.79 Å². The summed E-state index contributed by atoms with van der Waals surface area (Å²) in [5, 5.41) is 15.4. The number of piperidine rings is 1. The molecule has 5 rings (SSSR count). The number of rotatable bonds is 5. The number of likely N-dealkylation sites (tertiary alicyclic amines) is 1. The molecule has 4 N–H and O–H groups in total. The van der Waals surface area contributed by atoms with E-state index >= 15 is 0 Å². The second-order valence-corrected chi connectivity index (χ2v) is 12.1. The maximum atomic E-state index is 12.4. The molecule has 2 unspecified atom stereocenters. The Morgan fingerprint density at radius 3 is 2.51 bits per heavy atom. The van der Waals surface area contributed by atoms with E-state index in [4.69, 9.17) is 5.73 Å². The van der Waals surface area contributed by atoms with Crippen LogP contribution in [0.3, 0.4) is 0 Å². The maximum Gasteiger partial charge on any atom is 0.222 e. The van der Waals surface area contributed by atoms with Crippen LogP contribution in [0.15, 0.2) is 71.6 Å². The number of nitrogens with two attached hydrogens (primary N) is 1. The van der Waals surface area contributed by atoms with Gasteiger partial charge in [0.15, 0.2) is 0 Å². The van der Waals surface area contributed by atoms with Crippen molar-refractivity contribution in [2.75, 3.05) is 13.1 Å². The molecule has 0 saturated carbocycles. The lowest BCUT2D eigenvalue weighted by Gasteiger charge is -2.39. The minimum atomic E-state index is -1.14. The lowest BCUT2D eigenvalue weighted by Crippen LogP contribution is -2.50. The fourth-order valence-electron chi connectivity index (χ4n) is 5.93. The number of benzene rings is 2. The Hall–Kier alpha value is -3.58. The Morgan fingerprint density at radius 1 is 1.10 bits per heavy atom. The molecule has 7 heteroatoms. The monoisotopic (exact) mass is 527 g/mol. The van der Waals surface area contributed by atoms with Gasteiger partial charge in [-0.05, 0) is 47.4 Å². The Kier molecular flexibility index (Phi) is 7.06. The van der Waals surface area contributed by atoms with Crippen molar-refractivity contribution in [1.82, 2.24) is 15.1 Å². The third-order valence-corrected chi connectivity index (χ3v) is 8.36. The van der Waals surface area contributed by atoms with Crippen molar-refractivity contribution < 1.29 is 9.90 Å². The Morgan fingerprint density at radius 2 is 1.82 bits per heavy atom. The number of carbonyl (C=O) groups excluding carboxylic acids is 1. The first kappa shape index (κ1) is 27.0. The lowest BCUT2D eigenvalue weighted by atomic mass is 9.81. The van der Waals surface area contributed by atoms with Gasteiger partial charge in [-0.1, -0.05) is 76.2 Å². The second kappa shape index (κ2) is 10.2. The molecule has 0 bridgehead atoms. The van der Waals surface area contributed by atoms with Gasteiger partial charge >= 0.3 is 0 Å². The average Bonchev–Trinajstić information content (AvgIpc) is 3.33. The van der Waals surface area contributed by atoms with Crippen molar-refractivity contribution in [2.45, 2.75) is 71.1 Å². The first-order valence-corrected chi connectivity index (χ1v) is 14.0. The summed E-state index contributed by atoms with van der Waals surface area (Å²) in [6, 6.07) is 16.2. The van der Waals surface area contributed by atoms with Gasteiger partial charge in [-0.25, -0.2) is 4.99 Å². The summed E-state index contributed by atoms with van der Waals surface area (Å²) < 4.78 is 0. The molecule has 7 nitrogen and oxygen atoms in total. The van der Waals surface area contributed by atoms with Crippen LogP contribution >= 0.6 is 0 Å². The smallest absolute Gasteiger partial charge is 0.222 e. The summed E-state index contributed by atoms with van der Waals surface area (Å²) in [4.78, 5) is 21.0. The molecule has 2 aromatic carbocycles. The minimum Gasteiger partial charge on any atom is -0.382 e. The standard InChI is InChI=1S/C32H41N5O2/c1-6-26(38)36-17-8-9-22(20-36)30-35-27(28-29(33)34-16-18-37(28)30)21-12-14-23(15-13-21)32(5,39)25-11-7-10-24(19-25)31(2,3)4/h7,10-16,18-19,22,30,35,39H,6,8-9,17,20H2,1-5H3,(H2,33,34)/t22?,30?,32-/m1/s1.